The molecule has 7 heteroatoms. The molecule has 2 aromatic heterocycles. The Morgan fingerprint density at radius 2 is 2.33 bits per heavy atom. The van der Waals surface area contributed by atoms with E-state index in [9.17, 15) is 5.11 Å². The van der Waals surface area contributed by atoms with Crippen LogP contribution in [0.15, 0.2) is 12.7 Å². The number of aromatic nitrogens is 4. The topological polar surface area (TPSA) is 102 Å². The van der Waals surface area contributed by atoms with Crippen LogP contribution in [-0.4, -0.2) is 42.4 Å². The minimum absolute atomic E-state index is 0.0496. The second-order valence-corrected chi connectivity index (χ2v) is 5.23. The highest BCUT2D eigenvalue weighted by Gasteiger charge is 2.63. The van der Waals surface area contributed by atoms with Gasteiger partial charge in [0.05, 0.1) is 18.0 Å². The van der Waals surface area contributed by atoms with Gasteiger partial charge in [-0.05, 0) is 6.92 Å². The van der Waals surface area contributed by atoms with Gasteiger partial charge in [0.25, 0.3) is 0 Å². The number of anilines is 1. The highest BCUT2D eigenvalue weighted by molar-refractivity contribution is 5.81. The van der Waals surface area contributed by atoms with Crippen molar-refractivity contribution in [2.24, 2.45) is 0 Å². The number of ether oxygens (including phenoxy) is 1. The molecule has 1 aliphatic carbocycles. The number of hydrogen-bond donors (Lipinski definition) is 2. The van der Waals surface area contributed by atoms with E-state index < -0.39 is 5.60 Å². The van der Waals surface area contributed by atoms with E-state index in [4.69, 9.17) is 10.5 Å². The standard InChI is InChI=1S/C11H13N5O2/c1-11(17)2-5(7-8(11)18-7)16-4-15-6-9(12)13-3-14-10(6)16/h3-5,7-8,17H,2H2,1H3,(H2,12,13,14)/t5-,7+,8+,11-/m1/s1. The van der Waals surface area contributed by atoms with Crippen molar-refractivity contribution in [3.8, 4) is 0 Å². The van der Waals surface area contributed by atoms with Gasteiger partial charge in [0.1, 0.15) is 24.1 Å². The number of imidazole rings is 1. The van der Waals surface area contributed by atoms with Crippen molar-refractivity contribution in [3.63, 3.8) is 0 Å². The van der Waals surface area contributed by atoms with Gasteiger partial charge in [-0.3, -0.25) is 0 Å². The van der Waals surface area contributed by atoms with Crippen LogP contribution in [0.1, 0.15) is 19.4 Å². The van der Waals surface area contributed by atoms with Crippen LogP contribution < -0.4 is 5.73 Å². The summed E-state index contributed by atoms with van der Waals surface area (Å²) in [6, 6.07) is 0.0595. The SMILES string of the molecule is C[C@@]1(O)C[C@@H](n2cnc3c(N)ncnc32)[C@@H]2O[C@@H]21. The maximum Gasteiger partial charge on any atom is 0.165 e. The fraction of sp³-hybridized carbons (Fsp3) is 0.545. The van der Waals surface area contributed by atoms with Crippen LogP contribution in [0.2, 0.25) is 0 Å². The lowest BCUT2D eigenvalue weighted by atomic mass is 10.0. The Bertz CT molecular complexity index is 637. The maximum absolute atomic E-state index is 10.2. The smallest absolute Gasteiger partial charge is 0.165 e. The van der Waals surface area contributed by atoms with Crippen molar-refractivity contribution in [2.75, 3.05) is 5.73 Å². The molecule has 2 fully saturated rings. The van der Waals surface area contributed by atoms with Gasteiger partial charge in [0.2, 0.25) is 0 Å². The fourth-order valence-corrected chi connectivity index (χ4v) is 2.94. The number of nitrogen functional groups attached to an aromatic ring is 1. The summed E-state index contributed by atoms with van der Waals surface area (Å²) in [5, 5.41) is 10.2. The van der Waals surface area contributed by atoms with Crippen LogP contribution in [0.4, 0.5) is 5.82 Å². The van der Waals surface area contributed by atoms with E-state index >= 15 is 0 Å². The van der Waals surface area contributed by atoms with Crippen LogP contribution in [0.3, 0.4) is 0 Å². The zero-order valence-corrected chi connectivity index (χ0v) is 9.82. The van der Waals surface area contributed by atoms with Gasteiger partial charge in [-0.15, -0.1) is 0 Å². The van der Waals surface area contributed by atoms with E-state index in [-0.39, 0.29) is 18.2 Å². The van der Waals surface area contributed by atoms with Crippen molar-refractivity contribution < 1.29 is 9.84 Å². The Hall–Kier alpha value is -1.73. The lowest BCUT2D eigenvalue weighted by Crippen LogP contribution is -2.28. The fourth-order valence-electron chi connectivity index (χ4n) is 2.94. The molecular formula is C11H13N5O2. The molecule has 7 nitrogen and oxygen atoms in total. The monoisotopic (exact) mass is 247 g/mol. The van der Waals surface area contributed by atoms with Crippen LogP contribution in [0, 0.1) is 0 Å². The summed E-state index contributed by atoms with van der Waals surface area (Å²) < 4.78 is 7.44. The van der Waals surface area contributed by atoms with Gasteiger partial charge >= 0.3 is 0 Å². The average molecular weight is 247 g/mol. The number of nitrogens with zero attached hydrogens (tertiary/aromatic N) is 4. The Balaban J connectivity index is 1.83. The summed E-state index contributed by atoms with van der Waals surface area (Å²) in [6.07, 6.45) is 3.74. The average Bonchev–Trinajstić information content (AvgIpc) is 2.94. The van der Waals surface area contributed by atoms with Gasteiger partial charge < -0.3 is 20.1 Å². The van der Waals surface area contributed by atoms with E-state index in [1.807, 2.05) is 4.57 Å². The zero-order valence-electron chi connectivity index (χ0n) is 9.82. The molecule has 3 heterocycles. The maximum atomic E-state index is 10.2. The van der Waals surface area contributed by atoms with Gasteiger partial charge in [-0.1, -0.05) is 0 Å². The molecular weight excluding hydrogens is 234 g/mol. The first-order valence-electron chi connectivity index (χ1n) is 5.89. The van der Waals surface area contributed by atoms with E-state index in [1.54, 1.807) is 13.3 Å². The number of aliphatic hydroxyl groups is 1. The van der Waals surface area contributed by atoms with Gasteiger partial charge in [0, 0.05) is 6.42 Å². The normalized spacial score (nSPS) is 38.0. The van der Waals surface area contributed by atoms with Gasteiger partial charge in [-0.25, -0.2) is 15.0 Å². The van der Waals surface area contributed by atoms with Crippen LogP contribution >= 0.6 is 0 Å². The Morgan fingerprint density at radius 1 is 1.50 bits per heavy atom. The minimum Gasteiger partial charge on any atom is -0.387 e. The summed E-state index contributed by atoms with van der Waals surface area (Å²) in [5.41, 5.74) is 6.28. The van der Waals surface area contributed by atoms with Gasteiger partial charge in [0.15, 0.2) is 11.5 Å². The molecule has 4 atom stereocenters. The minimum atomic E-state index is -0.773. The molecule has 1 aliphatic heterocycles. The summed E-state index contributed by atoms with van der Waals surface area (Å²) in [6.45, 7) is 1.81. The lowest BCUT2D eigenvalue weighted by Gasteiger charge is -2.21. The van der Waals surface area contributed by atoms with Crippen molar-refractivity contribution in [1.29, 1.82) is 0 Å². The van der Waals surface area contributed by atoms with Crippen LogP contribution in [0.25, 0.3) is 11.2 Å². The van der Waals surface area contributed by atoms with E-state index in [0.29, 0.717) is 23.4 Å². The Labute approximate surface area is 103 Å². The van der Waals surface area contributed by atoms with E-state index in [1.165, 1.54) is 6.33 Å². The van der Waals surface area contributed by atoms with Gasteiger partial charge in [-0.2, -0.15) is 0 Å². The molecule has 0 amide bonds. The third kappa shape index (κ3) is 1.17. The van der Waals surface area contributed by atoms with Crippen LogP contribution in [0.5, 0.6) is 0 Å². The van der Waals surface area contributed by atoms with Crippen molar-refractivity contribution >= 4 is 17.0 Å². The second-order valence-electron chi connectivity index (χ2n) is 5.23. The van der Waals surface area contributed by atoms with E-state index in [0.717, 1.165) is 0 Å². The zero-order chi connectivity index (χ0) is 12.5. The number of rotatable bonds is 1. The molecule has 18 heavy (non-hydrogen) atoms. The summed E-state index contributed by atoms with van der Waals surface area (Å²) in [5.74, 6) is 0.372. The lowest BCUT2D eigenvalue weighted by molar-refractivity contribution is 0.00964. The highest BCUT2D eigenvalue weighted by Crippen LogP contribution is 2.52. The largest absolute Gasteiger partial charge is 0.387 e. The molecule has 3 N–H and O–H groups in total. The van der Waals surface area contributed by atoms with Crippen molar-refractivity contribution in [1.82, 2.24) is 19.5 Å². The number of hydrogen-bond acceptors (Lipinski definition) is 6. The second kappa shape index (κ2) is 2.99. The third-order valence-corrected chi connectivity index (χ3v) is 3.88. The first-order valence-corrected chi connectivity index (χ1v) is 5.89. The molecule has 4 rings (SSSR count). The summed E-state index contributed by atoms with van der Waals surface area (Å²) >= 11 is 0. The highest BCUT2D eigenvalue weighted by atomic mass is 16.6. The Kier molecular flexibility index (Phi) is 1.69. The Morgan fingerprint density at radius 3 is 3.00 bits per heavy atom. The van der Waals surface area contributed by atoms with E-state index in [2.05, 4.69) is 15.0 Å². The molecule has 0 bridgehead atoms. The molecule has 2 aromatic rings. The molecule has 0 radical (unpaired) electrons. The van der Waals surface area contributed by atoms with Crippen molar-refractivity contribution in [3.05, 3.63) is 12.7 Å². The number of nitrogens with two attached hydrogens (primary N) is 1. The third-order valence-electron chi connectivity index (χ3n) is 3.88. The molecule has 0 unspecified atom stereocenters. The quantitative estimate of drug-likeness (QED) is 0.681. The summed E-state index contributed by atoms with van der Waals surface area (Å²) in [4.78, 5) is 12.4. The summed E-state index contributed by atoms with van der Waals surface area (Å²) in [7, 11) is 0. The molecule has 2 aliphatic rings. The first kappa shape index (κ1) is 10.2. The first-order chi connectivity index (χ1) is 8.58. The molecule has 1 saturated carbocycles. The molecule has 0 aromatic carbocycles. The molecule has 94 valence electrons. The molecule has 1 saturated heterocycles. The van der Waals surface area contributed by atoms with Crippen molar-refractivity contribution in [2.45, 2.75) is 37.2 Å². The van der Waals surface area contributed by atoms with Crippen LogP contribution in [-0.2, 0) is 4.74 Å². The predicted octanol–water partition coefficient (Wildman–Crippen LogP) is -0.128. The number of fused-ring (bicyclic) bond motifs is 2. The molecule has 0 spiro atoms. The number of epoxide rings is 1. The predicted molar refractivity (Wildman–Crippen MR) is 62.7 cm³/mol.